The van der Waals surface area contributed by atoms with Crippen LogP contribution in [0.15, 0.2) is 0 Å². The minimum atomic E-state index is -1.43. The number of nitrogens with zero attached hydrogens (tertiary/aromatic N) is 1. The molecular weight excluding hydrogens is 408 g/mol. The summed E-state index contributed by atoms with van der Waals surface area (Å²) in [5.41, 5.74) is 22.0. The van der Waals surface area contributed by atoms with Gasteiger partial charge in [-0.25, -0.2) is 4.79 Å². The molecule has 0 saturated heterocycles. The third-order valence-electron chi connectivity index (χ3n) is 4.58. The van der Waals surface area contributed by atoms with Crippen LogP contribution >= 0.6 is 0 Å². The summed E-state index contributed by atoms with van der Waals surface area (Å²) >= 11 is 0. The number of primary amides is 1. The number of carbonyl (C=O) groups is 4. The molecule has 0 bridgehead atoms. The van der Waals surface area contributed by atoms with Crippen molar-refractivity contribution in [1.82, 2.24) is 10.2 Å². The molecule has 31 heavy (non-hydrogen) atoms. The molecule has 10 N–H and O–H groups in total. The molecule has 0 rings (SSSR count). The summed E-state index contributed by atoms with van der Waals surface area (Å²) in [7, 11) is 0. The molecule has 12 nitrogen and oxygen atoms in total. The minimum Gasteiger partial charge on any atom is -0.450 e. The minimum absolute atomic E-state index is 0.0319. The highest BCUT2D eigenvalue weighted by molar-refractivity contribution is 5.88. The van der Waals surface area contributed by atoms with Crippen LogP contribution in [0.25, 0.3) is 0 Å². The number of hydrogen-bond donors (Lipinski definition) is 6. The highest BCUT2D eigenvalue weighted by atomic mass is 16.7. The first-order valence-electron chi connectivity index (χ1n) is 10.6. The van der Waals surface area contributed by atoms with E-state index in [0.29, 0.717) is 38.9 Å². The van der Waals surface area contributed by atoms with E-state index in [1.165, 1.54) is 4.90 Å². The van der Waals surface area contributed by atoms with Crippen molar-refractivity contribution in [3.8, 4) is 0 Å². The lowest BCUT2D eigenvalue weighted by Gasteiger charge is -2.26. The summed E-state index contributed by atoms with van der Waals surface area (Å²) in [5.74, 6) is -1.47. The molecule has 0 unspecified atom stereocenters. The molecular formula is C19H38N6O6. The van der Waals surface area contributed by atoms with E-state index < -0.39 is 36.0 Å². The number of hydrogen-bond acceptors (Lipinski definition) is 8. The van der Waals surface area contributed by atoms with Crippen LogP contribution in [0.4, 0.5) is 4.79 Å². The number of amides is 3. The smallest absolute Gasteiger partial charge is 0.450 e. The first kappa shape index (κ1) is 28.6. The van der Waals surface area contributed by atoms with Gasteiger partial charge in [-0.2, -0.15) is 0 Å². The molecule has 0 aromatic heterocycles. The maximum Gasteiger partial charge on any atom is 0.505 e. The predicted molar refractivity (Wildman–Crippen MR) is 115 cm³/mol. The Hall–Kier alpha value is -2.44. The average molecular weight is 447 g/mol. The molecule has 0 radical (unpaired) electrons. The molecule has 0 aliphatic rings. The van der Waals surface area contributed by atoms with Crippen LogP contribution in [-0.2, 0) is 19.1 Å². The Balaban J connectivity index is 4.98. The van der Waals surface area contributed by atoms with Crippen molar-refractivity contribution in [2.24, 2.45) is 22.9 Å². The molecule has 0 aliphatic carbocycles. The standard InChI is InChI=1S/C19H38N6O6/c20-9-3-1-5-11-25(18(28)15(22)7-8-16(23)26)12-17(27)24-14(6-2-4-10-21)13-31-19(29)30/h14-15H,1-13,20-22H2,(H2,23,26)(H,24,27)(H,29,30)/t14-,15-/m1/s1. The lowest BCUT2D eigenvalue weighted by molar-refractivity contribution is -0.137. The topological polar surface area (TPSA) is 217 Å². The summed E-state index contributed by atoms with van der Waals surface area (Å²) < 4.78 is 4.59. The van der Waals surface area contributed by atoms with Crippen LogP contribution in [0.1, 0.15) is 51.4 Å². The van der Waals surface area contributed by atoms with Crippen LogP contribution in [0.3, 0.4) is 0 Å². The largest absolute Gasteiger partial charge is 0.505 e. The zero-order chi connectivity index (χ0) is 23.6. The second-order valence-corrected chi connectivity index (χ2v) is 7.35. The predicted octanol–water partition coefficient (Wildman–Crippen LogP) is -1.15. The number of carboxylic acid groups (broad SMARTS) is 1. The van der Waals surface area contributed by atoms with E-state index in [0.717, 1.165) is 19.3 Å². The normalized spacial score (nSPS) is 12.6. The quantitative estimate of drug-likeness (QED) is 0.110. The Bertz CT molecular complexity index is 562. The van der Waals surface area contributed by atoms with Gasteiger partial charge in [0.15, 0.2) is 0 Å². The van der Waals surface area contributed by atoms with E-state index in [1.54, 1.807) is 0 Å². The average Bonchev–Trinajstić information content (AvgIpc) is 2.71. The third kappa shape index (κ3) is 15.1. The van der Waals surface area contributed by atoms with Gasteiger partial charge in [-0.1, -0.05) is 12.8 Å². The molecule has 3 amide bonds. The van der Waals surface area contributed by atoms with Crippen molar-refractivity contribution >= 4 is 23.9 Å². The molecule has 0 aliphatic heterocycles. The van der Waals surface area contributed by atoms with Gasteiger partial charge in [0.1, 0.15) is 6.61 Å². The van der Waals surface area contributed by atoms with Crippen molar-refractivity contribution < 1.29 is 29.0 Å². The molecule has 0 fully saturated rings. The van der Waals surface area contributed by atoms with E-state index in [-0.39, 0.29) is 26.0 Å². The van der Waals surface area contributed by atoms with E-state index in [9.17, 15) is 19.2 Å². The van der Waals surface area contributed by atoms with Crippen LogP contribution in [0.5, 0.6) is 0 Å². The number of nitrogens with one attached hydrogen (secondary N) is 1. The maximum atomic E-state index is 12.7. The SMILES string of the molecule is NCCCCCN(CC(=O)N[C@H](CCCCN)COC(=O)O)C(=O)[C@H](N)CCC(N)=O. The van der Waals surface area contributed by atoms with Crippen LogP contribution in [0.2, 0.25) is 0 Å². The van der Waals surface area contributed by atoms with Gasteiger partial charge >= 0.3 is 6.16 Å². The fraction of sp³-hybridized carbons (Fsp3) is 0.789. The third-order valence-corrected chi connectivity index (χ3v) is 4.58. The first-order chi connectivity index (χ1) is 14.7. The zero-order valence-electron chi connectivity index (χ0n) is 18.1. The number of unbranched alkanes of at least 4 members (excludes halogenated alkanes) is 3. The van der Waals surface area contributed by atoms with Gasteiger partial charge in [0.05, 0.1) is 18.6 Å². The van der Waals surface area contributed by atoms with E-state index in [2.05, 4.69) is 10.1 Å². The summed E-state index contributed by atoms with van der Waals surface area (Å²) in [6.07, 6.45) is 2.72. The van der Waals surface area contributed by atoms with Gasteiger partial charge < -0.3 is 43.0 Å². The van der Waals surface area contributed by atoms with Crippen molar-refractivity contribution in [2.75, 3.05) is 32.8 Å². The molecule has 0 spiro atoms. The Morgan fingerprint density at radius 2 is 1.61 bits per heavy atom. The first-order valence-corrected chi connectivity index (χ1v) is 10.6. The molecule has 0 heterocycles. The summed E-state index contributed by atoms with van der Waals surface area (Å²) in [5, 5.41) is 11.4. The maximum absolute atomic E-state index is 12.7. The number of ether oxygens (including phenoxy) is 1. The van der Waals surface area contributed by atoms with Gasteiger partial charge in [0, 0.05) is 13.0 Å². The lowest BCUT2D eigenvalue weighted by Crippen LogP contribution is -2.50. The Kier molecular flexibility index (Phi) is 15.9. The number of carbonyl (C=O) groups excluding carboxylic acids is 3. The fourth-order valence-electron chi connectivity index (χ4n) is 2.90. The van der Waals surface area contributed by atoms with Crippen molar-refractivity contribution in [2.45, 2.75) is 63.5 Å². The van der Waals surface area contributed by atoms with Crippen molar-refractivity contribution in [3.63, 3.8) is 0 Å². The van der Waals surface area contributed by atoms with Gasteiger partial charge in [-0.3, -0.25) is 14.4 Å². The molecule has 0 aromatic carbocycles. The summed E-state index contributed by atoms with van der Waals surface area (Å²) in [6.45, 7) is 0.871. The molecule has 2 atom stereocenters. The van der Waals surface area contributed by atoms with E-state index in [4.69, 9.17) is 28.0 Å². The fourth-order valence-corrected chi connectivity index (χ4v) is 2.90. The molecule has 180 valence electrons. The molecule has 0 saturated carbocycles. The van der Waals surface area contributed by atoms with Gasteiger partial charge in [-0.15, -0.1) is 0 Å². The second kappa shape index (κ2) is 17.3. The lowest BCUT2D eigenvalue weighted by atomic mass is 10.1. The molecule has 12 heteroatoms. The van der Waals surface area contributed by atoms with Crippen LogP contribution in [-0.4, -0.2) is 78.8 Å². The summed E-state index contributed by atoms with van der Waals surface area (Å²) in [4.78, 5) is 48.2. The zero-order valence-corrected chi connectivity index (χ0v) is 18.1. The van der Waals surface area contributed by atoms with E-state index >= 15 is 0 Å². The van der Waals surface area contributed by atoms with E-state index in [1.807, 2.05) is 0 Å². The second-order valence-electron chi connectivity index (χ2n) is 7.35. The molecule has 0 aromatic rings. The highest BCUT2D eigenvalue weighted by Crippen LogP contribution is 2.06. The van der Waals surface area contributed by atoms with Gasteiger partial charge in [-0.05, 0) is 45.2 Å². The van der Waals surface area contributed by atoms with Crippen molar-refractivity contribution in [3.05, 3.63) is 0 Å². The number of rotatable bonds is 18. The highest BCUT2D eigenvalue weighted by Gasteiger charge is 2.24. The monoisotopic (exact) mass is 446 g/mol. The Morgan fingerprint density at radius 3 is 2.19 bits per heavy atom. The Morgan fingerprint density at radius 1 is 0.968 bits per heavy atom. The van der Waals surface area contributed by atoms with Crippen LogP contribution in [0, 0.1) is 0 Å². The summed E-state index contributed by atoms with van der Waals surface area (Å²) in [6, 6.07) is -1.49. The van der Waals surface area contributed by atoms with Gasteiger partial charge in [0.25, 0.3) is 0 Å². The Labute approximate surface area is 183 Å². The number of nitrogens with two attached hydrogens (primary N) is 4. The van der Waals surface area contributed by atoms with Crippen LogP contribution < -0.4 is 28.3 Å². The van der Waals surface area contributed by atoms with Crippen molar-refractivity contribution in [1.29, 1.82) is 0 Å². The van der Waals surface area contributed by atoms with Gasteiger partial charge in [0.2, 0.25) is 17.7 Å².